The van der Waals surface area contributed by atoms with Crippen molar-refractivity contribution in [2.24, 2.45) is 0 Å². The molecule has 0 heterocycles. The molecule has 0 aromatic heterocycles. The molecule has 2 N–H and O–H groups in total. The largest absolute Gasteiger partial charge is 0.335 e. The molecule has 19 heavy (non-hydrogen) atoms. The SMILES string of the molecule is Cc1ccc([N+](=O)[O-])c(NC(=O)C(=O)NCC#N)c1. The summed E-state index contributed by atoms with van der Waals surface area (Å²) in [7, 11) is 0. The fourth-order valence-corrected chi connectivity index (χ4v) is 1.29. The number of nitrogens with one attached hydrogen (secondary N) is 2. The molecule has 0 unspecified atom stereocenters. The van der Waals surface area contributed by atoms with Crippen molar-refractivity contribution >= 4 is 23.2 Å². The average molecular weight is 262 g/mol. The monoisotopic (exact) mass is 262 g/mol. The minimum atomic E-state index is -1.07. The number of carbonyl (C=O) groups is 2. The number of benzene rings is 1. The highest BCUT2D eigenvalue weighted by molar-refractivity contribution is 6.39. The first-order chi connectivity index (χ1) is 8.95. The molecule has 0 radical (unpaired) electrons. The molecule has 0 aliphatic carbocycles. The summed E-state index contributed by atoms with van der Waals surface area (Å²) in [5.41, 5.74) is 0.312. The second-order valence-corrected chi connectivity index (χ2v) is 3.57. The van der Waals surface area contributed by atoms with Crippen molar-refractivity contribution in [3.8, 4) is 6.07 Å². The first-order valence-corrected chi connectivity index (χ1v) is 5.17. The van der Waals surface area contributed by atoms with E-state index in [1.807, 2.05) is 5.32 Å². The van der Waals surface area contributed by atoms with Gasteiger partial charge in [0.25, 0.3) is 5.69 Å². The summed E-state index contributed by atoms with van der Waals surface area (Å²) in [4.78, 5) is 32.8. The Hall–Kier alpha value is -2.95. The van der Waals surface area contributed by atoms with E-state index < -0.39 is 16.7 Å². The fourth-order valence-electron chi connectivity index (χ4n) is 1.29. The lowest BCUT2D eigenvalue weighted by Crippen LogP contribution is -2.35. The molecule has 0 bridgehead atoms. The highest BCUT2D eigenvalue weighted by Gasteiger charge is 2.19. The molecule has 0 fully saturated rings. The molecule has 1 aromatic carbocycles. The molecule has 0 saturated heterocycles. The lowest BCUT2D eigenvalue weighted by molar-refractivity contribution is -0.383. The Morgan fingerprint density at radius 2 is 2.11 bits per heavy atom. The van der Waals surface area contributed by atoms with E-state index in [-0.39, 0.29) is 17.9 Å². The topological polar surface area (TPSA) is 125 Å². The van der Waals surface area contributed by atoms with E-state index in [0.717, 1.165) is 0 Å². The summed E-state index contributed by atoms with van der Waals surface area (Å²) in [5, 5.41) is 23.2. The third-order valence-corrected chi connectivity index (χ3v) is 2.13. The molecular formula is C11H10N4O4. The smallest absolute Gasteiger partial charge is 0.313 e. The minimum Gasteiger partial charge on any atom is -0.335 e. The van der Waals surface area contributed by atoms with Crippen molar-refractivity contribution in [1.82, 2.24) is 5.32 Å². The van der Waals surface area contributed by atoms with Gasteiger partial charge in [0.2, 0.25) is 0 Å². The van der Waals surface area contributed by atoms with Crippen LogP contribution in [0.4, 0.5) is 11.4 Å². The average Bonchev–Trinajstić information content (AvgIpc) is 2.35. The zero-order chi connectivity index (χ0) is 14.4. The standard InChI is InChI=1S/C11H10N4O4/c1-7-2-3-9(15(18)19)8(6-7)14-11(17)10(16)13-5-4-12/h2-3,6H,5H2,1H3,(H,13,16)(H,14,17). The van der Waals surface area contributed by atoms with Crippen molar-refractivity contribution in [3.63, 3.8) is 0 Å². The van der Waals surface area contributed by atoms with Crippen LogP contribution in [0.1, 0.15) is 5.56 Å². The second kappa shape index (κ2) is 6.11. The molecule has 0 saturated carbocycles. The van der Waals surface area contributed by atoms with Gasteiger partial charge in [-0.25, -0.2) is 0 Å². The third kappa shape index (κ3) is 3.78. The number of nitro groups is 1. The Morgan fingerprint density at radius 3 is 2.68 bits per heavy atom. The zero-order valence-electron chi connectivity index (χ0n) is 9.97. The highest BCUT2D eigenvalue weighted by atomic mass is 16.6. The molecular weight excluding hydrogens is 252 g/mol. The van der Waals surface area contributed by atoms with Crippen molar-refractivity contribution in [3.05, 3.63) is 33.9 Å². The number of amides is 2. The van der Waals surface area contributed by atoms with Crippen molar-refractivity contribution in [2.45, 2.75) is 6.92 Å². The number of hydrogen-bond donors (Lipinski definition) is 2. The Kier molecular flexibility index (Phi) is 4.54. The molecule has 0 spiro atoms. The van der Waals surface area contributed by atoms with Crippen LogP contribution >= 0.6 is 0 Å². The number of nitro benzene ring substituents is 1. The summed E-state index contributed by atoms with van der Waals surface area (Å²) in [6.07, 6.45) is 0. The molecule has 0 aliphatic heterocycles. The van der Waals surface area contributed by atoms with Crippen LogP contribution in [0.5, 0.6) is 0 Å². The van der Waals surface area contributed by atoms with Gasteiger partial charge >= 0.3 is 11.8 Å². The maximum atomic E-state index is 11.4. The van der Waals surface area contributed by atoms with E-state index in [1.54, 1.807) is 13.0 Å². The number of carbonyl (C=O) groups excluding carboxylic acids is 2. The van der Waals surface area contributed by atoms with Gasteiger partial charge < -0.3 is 10.6 Å². The second-order valence-electron chi connectivity index (χ2n) is 3.57. The van der Waals surface area contributed by atoms with E-state index in [2.05, 4.69) is 5.32 Å². The van der Waals surface area contributed by atoms with Gasteiger partial charge in [-0.1, -0.05) is 6.07 Å². The molecule has 98 valence electrons. The molecule has 1 rings (SSSR count). The van der Waals surface area contributed by atoms with Gasteiger partial charge in [-0.3, -0.25) is 19.7 Å². The molecule has 0 atom stereocenters. The van der Waals surface area contributed by atoms with Gasteiger partial charge in [-0.2, -0.15) is 5.26 Å². The predicted octanol–water partition coefficient (Wildman–Crippen LogP) is 0.481. The first kappa shape index (κ1) is 14.1. The third-order valence-electron chi connectivity index (χ3n) is 2.13. The Balaban J connectivity index is 2.90. The Labute approximate surface area is 108 Å². The summed E-state index contributed by atoms with van der Waals surface area (Å²) in [6, 6.07) is 5.77. The van der Waals surface area contributed by atoms with Crippen molar-refractivity contribution in [2.75, 3.05) is 11.9 Å². The summed E-state index contributed by atoms with van der Waals surface area (Å²) in [5.74, 6) is -2.10. The van der Waals surface area contributed by atoms with Gasteiger partial charge in [-0.05, 0) is 18.6 Å². The van der Waals surface area contributed by atoms with Crippen LogP contribution in [0, 0.1) is 28.4 Å². The maximum Gasteiger partial charge on any atom is 0.313 e. The molecule has 0 aliphatic rings. The predicted molar refractivity (Wildman–Crippen MR) is 65.1 cm³/mol. The van der Waals surface area contributed by atoms with Crippen LogP contribution in [0.25, 0.3) is 0 Å². The van der Waals surface area contributed by atoms with E-state index in [9.17, 15) is 19.7 Å². The number of nitrogens with zero attached hydrogens (tertiary/aromatic N) is 2. The quantitative estimate of drug-likeness (QED) is 0.354. The molecule has 8 nitrogen and oxygen atoms in total. The zero-order valence-corrected chi connectivity index (χ0v) is 9.97. The number of aryl methyl sites for hydroxylation is 1. The Bertz CT molecular complexity index is 577. The van der Waals surface area contributed by atoms with E-state index in [1.165, 1.54) is 18.2 Å². The van der Waals surface area contributed by atoms with Gasteiger partial charge in [0, 0.05) is 6.07 Å². The van der Waals surface area contributed by atoms with Gasteiger partial charge in [0.15, 0.2) is 0 Å². The number of rotatable bonds is 3. The maximum absolute atomic E-state index is 11.4. The van der Waals surface area contributed by atoms with Gasteiger partial charge in [0.1, 0.15) is 12.2 Å². The van der Waals surface area contributed by atoms with Gasteiger partial charge in [0.05, 0.1) is 11.0 Å². The summed E-state index contributed by atoms with van der Waals surface area (Å²) >= 11 is 0. The van der Waals surface area contributed by atoms with E-state index in [0.29, 0.717) is 5.56 Å². The summed E-state index contributed by atoms with van der Waals surface area (Å²) < 4.78 is 0. The van der Waals surface area contributed by atoms with E-state index >= 15 is 0 Å². The van der Waals surface area contributed by atoms with Crippen molar-refractivity contribution in [1.29, 1.82) is 5.26 Å². The van der Waals surface area contributed by atoms with Crippen LogP contribution in [-0.2, 0) is 9.59 Å². The van der Waals surface area contributed by atoms with E-state index in [4.69, 9.17) is 5.26 Å². The van der Waals surface area contributed by atoms with Crippen LogP contribution in [0.15, 0.2) is 18.2 Å². The molecule has 8 heteroatoms. The normalized spacial score (nSPS) is 9.26. The van der Waals surface area contributed by atoms with Crippen LogP contribution in [0.3, 0.4) is 0 Å². The fraction of sp³-hybridized carbons (Fsp3) is 0.182. The molecule has 2 amide bonds. The van der Waals surface area contributed by atoms with Crippen LogP contribution < -0.4 is 10.6 Å². The van der Waals surface area contributed by atoms with Crippen molar-refractivity contribution < 1.29 is 14.5 Å². The number of nitriles is 1. The highest BCUT2D eigenvalue weighted by Crippen LogP contribution is 2.24. The minimum absolute atomic E-state index is 0.0675. The van der Waals surface area contributed by atoms with Gasteiger partial charge in [-0.15, -0.1) is 0 Å². The Morgan fingerprint density at radius 1 is 1.42 bits per heavy atom. The lowest BCUT2D eigenvalue weighted by Gasteiger charge is -2.06. The number of anilines is 1. The summed E-state index contributed by atoms with van der Waals surface area (Å²) in [6.45, 7) is 1.37. The van der Waals surface area contributed by atoms with Crippen LogP contribution in [0.2, 0.25) is 0 Å². The molecule has 1 aromatic rings. The number of hydrogen-bond acceptors (Lipinski definition) is 5. The van der Waals surface area contributed by atoms with Crippen LogP contribution in [-0.4, -0.2) is 23.3 Å². The lowest BCUT2D eigenvalue weighted by atomic mass is 10.2. The first-order valence-electron chi connectivity index (χ1n) is 5.17.